The molecule has 460 valence electrons. The largest absolute Gasteiger partial charge is 0.508 e. The molecule has 4 aromatic rings. The summed E-state index contributed by atoms with van der Waals surface area (Å²) >= 11 is 0. The summed E-state index contributed by atoms with van der Waals surface area (Å²) in [7, 11) is 0. The number of phenols is 2. The number of carbonyl (C=O) groups is 1. The van der Waals surface area contributed by atoms with E-state index in [0.29, 0.717) is 93.6 Å². The third-order valence-corrected chi connectivity index (χ3v) is 22.6. The maximum absolute atomic E-state index is 16.0. The van der Waals surface area contributed by atoms with Gasteiger partial charge in [0.2, 0.25) is 0 Å². The SMILES string of the molecule is CC=C(C(=O)OC1Cc2c3c(c4oc(CO)cc(=O)c4c2O)C2C4=CCNC(N)=C4C(CCc4ccc(O)cc4C2CO)C2CCC4=C5C=CC(C)NC5NC=C4CC2C1(C)O3)C1(O)CC2CC1CC1CC(CC(O)CC(C)C)C(O)c3cccc2c31. The van der Waals surface area contributed by atoms with Crippen LogP contribution in [0.25, 0.3) is 11.0 Å². The van der Waals surface area contributed by atoms with Gasteiger partial charge in [-0.15, -0.1) is 0 Å². The summed E-state index contributed by atoms with van der Waals surface area (Å²) < 4.78 is 21.8. The first-order chi connectivity index (χ1) is 41.8. The summed E-state index contributed by atoms with van der Waals surface area (Å²) in [6.07, 6.45) is 13.8. The van der Waals surface area contributed by atoms with E-state index in [1.807, 2.05) is 25.1 Å². The lowest BCUT2D eigenvalue weighted by Gasteiger charge is -2.52. The summed E-state index contributed by atoms with van der Waals surface area (Å²) in [5.41, 5.74) is 14.2. The molecular formula is C71H84N4O12. The zero-order chi connectivity index (χ0) is 60.7. The van der Waals surface area contributed by atoms with Crippen molar-refractivity contribution in [2.75, 3.05) is 13.2 Å². The van der Waals surface area contributed by atoms with E-state index in [4.69, 9.17) is 19.6 Å². The molecule has 14 rings (SSSR count). The van der Waals surface area contributed by atoms with Gasteiger partial charge in [-0.25, -0.2) is 4.79 Å². The minimum Gasteiger partial charge on any atom is -0.508 e. The number of rotatable bonds is 9. The van der Waals surface area contributed by atoms with Crippen LogP contribution in [0, 0.1) is 35.5 Å². The van der Waals surface area contributed by atoms with Gasteiger partial charge in [0.05, 0.1) is 30.0 Å². The molecule has 0 amide bonds. The van der Waals surface area contributed by atoms with Gasteiger partial charge < -0.3 is 66.0 Å². The van der Waals surface area contributed by atoms with Crippen molar-refractivity contribution >= 4 is 16.9 Å². The van der Waals surface area contributed by atoms with Gasteiger partial charge in [-0.1, -0.05) is 62.4 Å². The maximum atomic E-state index is 16.0. The molecule has 2 fully saturated rings. The van der Waals surface area contributed by atoms with Crippen LogP contribution < -0.4 is 31.8 Å². The van der Waals surface area contributed by atoms with Crippen molar-refractivity contribution in [3.05, 3.63) is 167 Å². The van der Waals surface area contributed by atoms with Crippen molar-refractivity contribution in [2.45, 2.75) is 184 Å². The van der Waals surface area contributed by atoms with E-state index >= 15 is 4.79 Å². The van der Waals surface area contributed by atoms with Crippen LogP contribution >= 0.6 is 0 Å². The van der Waals surface area contributed by atoms with Crippen molar-refractivity contribution < 1.29 is 54.4 Å². The lowest BCUT2D eigenvalue weighted by atomic mass is 9.61. The van der Waals surface area contributed by atoms with Gasteiger partial charge in [-0.2, -0.15) is 0 Å². The number of fused-ring (bicyclic) bond motifs is 13. The van der Waals surface area contributed by atoms with Crippen molar-refractivity contribution in [2.24, 2.45) is 41.2 Å². The second kappa shape index (κ2) is 21.8. The highest BCUT2D eigenvalue weighted by atomic mass is 16.6. The fraction of sp³-hybridized carbons (Fsp3) is 0.521. The third kappa shape index (κ3) is 9.26. The first-order valence-electron chi connectivity index (χ1n) is 32.0. The molecule has 12 N–H and O–H groups in total. The van der Waals surface area contributed by atoms with Crippen molar-refractivity contribution in [3.63, 3.8) is 0 Å². The Morgan fingerprint density at radius 2 is 1.80 bits per heavy atom. The Morgan fingerprint density at radius 3 is 2.59 bits per heavy atom. The number of aliphatic hydroxyl groups excluding tert-OH is 4. The Kier molecular flexibility index (Phi) is 14.6. The number of hydrogen-bond acceptors (Lipinski definition) is 16. The molecule has 6 heterocycles. The van der Waals surface area contributed by atoms with Crippen molar-refractivity contribution in [3.8, 4) is 17.2 Å². The second-order valence-electron chi connectivity index (χ2n) is 27.8. The molecule has 0 saturated heterocycles. The number of nitrogens with two attached hydrogens (primary N) is 1. The number of aryl methyl sites for hydroxylation is 1. The molecule has 6 bridgehead atoms. The van der Waals surface area contributed by atoms with E-state index in [-0.39, 0.29) is 99.9 Å². The zero-order valence-corrected chi connectivity index (χ0v) is 50.4. The average Bonchev–Trinajstić information content (AvgIpc) is 1.55. The van der Waals surface area contributed by atoms with Crippen LogP contribution in [0.4, 0.5) is 0 Å². The summed E-state index contributed by atoms with van der Waals surface area (Å²) in [6, 6.07) is 12.7. The number of aromatic hydroxyl groups is 2. The molecule has 16 nitrogen and oxygen atoms in total. The molecule has 10 aliphatic rings. The van der Waals surface area contributed by atoms with Crippen LogP contribution in [-0.4, -0.2) is 90.5 Å². The van der Waals surface area contributed by atoms with Crippen LogP contribution in [0.1, 0.15) is 173 Å². The molecule has 0 spiro atoms. The summed E-state index contributed by atoms with van der Waals surface area (Å²) in [5, 5.41) is 94.6. The van der Waals surface area contributed by atoms with Gasteiger partial charge >= 0.3 is 5.97 Å². The molecule has 1 aromatic heterocycles. The molecule has 5 aliphatic heterocycles. The number of phenolic OH excluding ortho intramolecular Hbond substituents is 2. The third-order valence-electron chi connectivity index (χ3n) is 22.6. The van der Waals surface area contributed by atoms with Gasteiger partial charge in [-0.3, -0.25) is 10.1 Å². The summed E-state index contributed by atoms with van der Waals surface area (Å²) in [6.45, 7) is 9.36. The number of aliphatic hydroxyl groups is 5. The minimum absolute atomic E-state index is 0.0130. The lowest BCUT2D eigenvalue weighted by Crippen LogP contribution is -2.59. The number of nitrogens with one attached hydrogen (secondary N) is 3. The van der Waals surface area contributed by atoms with E-state index < -0.39 is 77.6 Å². The van der Waals surface area contributed by atoms with E-state index in [1.165, 1.54) is 5.57 Å². The molecule has 3 aromatic carbocycles. The molecular weight excluding hydrogens is 1100 g/mol. The predicted octanol–water partition coefficient (Wildman–Crippen LogP) is 8.72. The first kappa shape index (κ1) is 58.0. The van der Waals surface area contributed by atoms with Crippen LogP contribution in [0.3, 0.4) is 0 Å². The Balaban J connectivity index is 0.947. The molecule has 87 heavy (non-hydrogen) atoms. The smallest absolute Gasteiger partial charge is 0.337 e. The highest BCUT2D eigenvalue weighted by Gasteiger charge is 2.60. The standard InChI is InChI=1S/C71H84N4O12/c1-6-54(71(84)29-38-23-40(71)22-36-21-37(24-42(79)20-33(2)3)63(81)50-9-7-8-45(38)58(36)50)69(83)86-57-28-52-64(82)61-56(80)27-43(31-76)85-66(61)62-59-49-18-19-73-67(72)60(49)47(15-12-35-11-13-41(78)26-51(35)53(59)32-77)46-17-16-44-39(25-55(46)70(57,5)87-65(52)62)30-74-68-48(44)14-10-34(4)75-68/h6-11,13-14,18,26-27,30,33-34,36-38,40,42,46-47,53,55,57,59,63,68,73-79,81-82,84H,12,15-17,19-25,28-29,31-32,72H2,1-5H3. The number of carbonyl (C=O) groups excluding carboxylic acids is 1. The fourth-order valence-electron chi connectivity index (χ4n) is 18.8. The summed E-state index contributed by atoms with van der Waals surface area (Å²) in [5.74, 6) is -3.60. The molecule has 2 saturated carbocycles. The van der Waals surface area contributed by atoms with E-state index in [0.717, 1.165) is 50.6 Å². The Bertz CT molecular complexity index is 3760. The normalized spacial score (nSPS) is 34.1. The van der Waals surface area contributed by atoms with Crippen LogP contribution in [0.5, 0.6) is 17.2 Å². The predicted molar refractivity (Wildman–Crippen MR) is 328 cm³/mol. The van der Waals surface area contributed by atoms with Gasteiger partial charge in [0.1, 0.15) is 64.3 Å². The van der Waals surface area contributed by atoms with E-state index in [1.54, 1.807) is 25.1 Å². The number of ether oxygens (including phenoxy) is 2. The van der Waals surface area contributed by atoms with Gasteiger partial charge in [-0.05, 0) is 201 Å². The van der Waals surface area contributed by atoms with Gasteiger partial charge in [0.25, 0.3) is 0 Å². The van der Waals surface area contributed by atoms with Gasteiger partial charge in [0, 0.05) is 60.2 Å². The number of dihydropyridines is 2. The molecule has 0 radical (unpaired) electrons. The fourth-order valence-corrected chi connectivity index (χ4v) is 18.8. The zero-order valence-electron chi connectivity index (χ0n) is 50.4. The number of hydrogen-bond donors (Lipinski definition) is 11. The van der Waals surface area contributed by atoms with E-state index in [2.05, 4.69) is 67.2 Å². The maximum Gasteiger partial charge on any atom is 0.337 e. The van der Waals surface area contributed by atoms with Gasteiger partial charge in [0.15, 0.2) is 5.43 Å². The number of benzene rings is 3. The average molecular weight is 1190 g/mol. The quantitative estimate of drug-likeness (QED) is 0.0552. The Morgan fingerprint density at radius 1 is 1.00 bits per heavy atom. The highest BCUT2D eigenvalue weighted by molar-refractivity contribution is 5.93. The lowest BCUT2D eigenvalue weighted by molar-refractivity contribution is -0.171. The molecule has 16 unspecified atom stereocenters. The van der Waals surface area contributed by atoms with Crippen LogP contribution in [0.2, 0.25) is 0 Å². The Hall–Kier alpha value is -6.66. The molecule has 16 heteroatoms. The van der Waals surface area contributed by atoms with Crippen LogP contribution in [0.15, 0.2) is 121 Å². The van der Waals surface area contributed by atoms with Crippen molar-refractivity contribution in [1.29, 1.82) is 0 Å². The Labute approximate surface area is 507 Å². The number of allylic oxidation sites excluding steroid dienone is 5. The highest BCUT2D eigenvalue weighted by Crippen LogP contribution is 2.64. The monoisotopic (exact) mass is 1180 g/mol. The topological polar surface area (TPSA) is 269 Å². The molecule has 16 atom stereocenters. The first-order valence-corrected chi connectivity index (χ1v) is 32.0. The second-order valence-corrected chi connectivity index (χ2v) is 27.8. The molecule has 5 aliphatic carbocycles. The summed E-state index contributed by atoms with van der Waals surface area (Å²) in [4.78, 5) is 30.8. The van der Waals surface area contributed by atoms with Crippen molar-refractivity contribution in [1.82, 2.24) is 16.0 Å². The van der Waals surface area contributed by atoms with Crippen LogP contribution in [-0.2, 0) is 29.0 Å². The van der Waals surface area contributed by atoms with E-state index in [9.17, 15) is 40.5 Å². The minimum atomic E-state index is -1.62. The number of esters is 1.